The van der Waals surface area contributed by atoms with E-state index in [0.29, 0.717) is 0 Å². The third kappa shape index (κ3) is 3.09. The lowest BCUT2D eigenvalue weighted by Gasteiger charge is -2.18. The lowest BCUT2D eigenvalue weighted by molar-refractivity contribution is 0.0785. The first kappa shape index (κ1) is 13.9. The Labute approximate surface area is 114 Å². The van der Waals surface area contributed by atoms with Crippen molar-refractivity contribution in [2.45, 2.75) is 6.54 Å². The summed E-state index contributed by atoms with van der Waals surface area (Å²) in [5.74, 6) is -1.44. The Morgan fingerprint density at radius 1 is 1.25 bits per heavy atom. The van der Waals surface area contributed by atoms with E-state index in [1.165, 1.54) is 17.0 Å². The molecule has 4 nitrogen and oxygen atoms in total. The smallest absolute Gasteiger partial charge is 0.257 e. The first-order valence-corrected chi connectivity index (χ1v) is 5.88. The molecule has 0 aliphatic heterocycles. The summed E-state index contributed by atoms with van der Waals surface area (Å²) in [4.78, 5) is 17.1. The molecule has 20 heavy (non-hydrogen) atoms. The summed E-state index contributed by atoms with van der Waals surface area (Å²) in [6.45, 7) is 0.259. The van der Waals surface area contributed by atoms with Gasteiger partial charge in [0.25, 0.3) is 5.91 Å². The van der Waals surface area contributed by atoms with Crippen LogP contribution in [0.1, 0.15) is 15.9 Å². The second kappa shape index (κ2) is 5.64. The third-order valence-corrected chi connectivity index (χ3v) is 2.80. The lowest BCUT2D eigenvalue weighted by atomic mass is 10.2. The van der Waals surface area contributed by atoms with Gasteiger partial charge in [0, 0.05) is 13.6 Å². The molecule has 1 aromatic heterocycles. The fraction of sp³-hybridized carbons (Fsp3) is 0.143. The maximum atomic E-state index is 13.1. The number of hydrogen-bond donors (Lipinski definition) is 1. The predicted octanol–water partition coefficient (Wildman–Crippen LogP) is 2.21. The highest BCUT2D eigenvalue weighted by atomic mass is 19.1. The van der Waals surface area contributed by atoms with Crippen molar-refractivity contribution < 1.29 is 13.6 Å². The Balaban J connectivity index is 2.16. The first-order valence-electron chi connectivity index (χ1n) is 5.88. The summed E-state index contributed by atoms with van der Waals surface area (Å²) >= 11 is 0. The second-order valence-electron chi connectivity index (χ2n) is 4.37. The SMILES string of the molecule is CN(Cc1ccc(F)cc1)C(=O)c1cc(F)cnc1N. The zero-order valence-electron chi connectivity index (χ0n) is 10.8. The maximum Gasteiger partial charge on any atom is 0.257 e. The molecular formula is C14H13F2N3O. The van der Waals surface area contributed by atoms with Gasteiger partial charge in [0.1, 0.15) is 17.5 Å². The number of carbonyl (C=O) groups is 1. The van der Waals surface area contributed by atoms with Crippen LogP contribution in [0.3, 0.4) is 0 Å². The zero-order chi connectivity index (χ0) is 14.7. The summed E-state index contributed by atoms with van der Waals surface area (Å²) in [5.41, 5.74) is 6.33. The van der Waals surface area contributed by atoms with Crippen molar-refractivity contribution >= 4 is 11.7 Å². The summed E-state index contributed by atoms with van der Waals surface area (Å²) in [7, 11) is 1.55. The minimum Gasteiger partial charge on any atom is -0.383 e. The van der Waals surface area contributed by atoms with E-state index in [4.69, 9.17) is 5.73 Å². The number of rotatable bonds is 3. The maximum absolute atomic E-state index is 13.1. The van der Waals surface area contributed by atoms with Crippen molar-refractivity contribution in [3.05, 3.63) is 59.3 Å². The number of amides is 1. The van der Waals surface area contributed by atoms with Crippen LogP contribution in [0.4, 0.5) is 14.6 Å². The standard InChI is InChI=1S/C14H13F2N3O/c1-19(8-9-2-4-10(15)5-3-9)14(20)12-6-11(16)7-18-13(12)17/h2-7H,8H2,1H3,(H2,17,18). The van der Waals surface area contributed by atoms with Gasteiger partial charge in [-0.05, 0) is 23.8 Å². The molecule has 0 spiro atoms. The van der Waals surface area contributed by atoms with E-state index in [2.05, 4.69) is 4.98 Å². The molecule has 0 unspecified atom stereocenters. The van der Waals surface area contributed by atoms with Crippen molar-refractivity contribution in [2.24, 2.45) is 0 Å². The van der Waals surface area contributed by atoms with E-state index in [9.17, 15) is 13.6 Å². The van der Waals surface area contributed by atoms with Crippen LogP contribution in [0.25, 0.3) is 0 Å². The van der Waals surface area contributed by atoms with Crippen LogP contribution in [0.5, 0.6) is 0 Å². The molecule has 0 aliphatic rings. The average Bonchev–Trinajstić information content (AvgIpc) is 2.43. The molecule has 0 aliphatic carbocycles. The Kier molecular flexibility index (Phi) is 3.93. The highest BCUT2D eigenvalue weighted by Gasteiger charge is 2.16. The minimum absolute atomic E-state index is 0.00890. The van der Waals surface area contributed by atoms with E-state index in [-0.39, 0.29) is 23.7 Å². The van der Waals surface area contributed by atoms with Crippen molar-refractivity contribution in [1.29, 1.82) is 0 Å². The van der Waals surface area contributed by atoms with Gasteiger partial charge in [0.2, 0.25) is 0 Å². The highest BCUT2D eigenvalue weighted by molar-refractivity contribution is 5.98. The Hall–Kier alpha value is -2.50. The van der Waals surface area contributed by atoms with E-state index in [1.807, 2.05) is 0 Å². The molecule has 0 atom stereocenters. The van der Waals surface area contributed by atoms with Crippen LogP contribution in [0, 0.1) is 11.6 Å². The van der Waals surface area contributed by atoms with Crippen LogP contribution in [0.15, 0.2) is 36.5 Å². The Morgan fingerprint density at radius 3 is 2.55 bits per heavy atom. The molecule has 2 rings (SSSR count). The van der Waals surface area contributed by atoms with Gasteiger partial charge in [0.05, 0.1) is 11.8 Å². The predicted molar refractivity (Wildman–Crippen MR) is 70.8 cm³/mol. The second-order valence-corrected chi connectivity index (χ2v) is 4.37. The highest BCUT2D eigenvalue weighted by Crippen LogP contribution is 2.14. The van der Waals surface area contributed by atoms with Gasteiger partial charge < -0.3 is 10.6 Å². The number of hydrogen-bond acceptors (Lipinski definition) is 3. The monoisotopic (exact) mass is 277 g/mol. The molecule has 2 aromatic rings. The van der Waals surface area contributed by atoms with Crippen LogP contribution in [-0.2, 0) is 6.54 Å². The normalized spacial score (nSPS) is 10.3. The average molecular weight is 277 g/mol. The number of nitrogen functional groups attached to an aromatic ring is 1. The van der Waals surface area contributed by atoms with Crippen molar-refractivity contribution in [3.63, 3.8) is 0 Å². The number of pyridine rings is 1. The number of carbonyl (C=O) groups excluding carboxylic acids is 1. The van der Waals surface area contributed by atoms with Crippen LogP contribution in [0.2, 0.25) is 0 Å². The molecule has 0 bridgehead atoms. The van der Waals surface area contributed by atoms with E-state index in [0.717, 1.165) is 17.8 Å². The Bertz CT molecular complexity index is 629. The zero-order valence-corrected chi connectivity index (χ0v) is 10.8. The molecule has 104 valence electrons. The summed E-state index contributed by atoms with van der Waals surface area (Å²) in [5, 5.41) is 0. The third-order valence-electron chi connectivity index (χ3n) is 2.80. The molecule has 1 heterocycles. The molecule has 1 aromatic carbocycles. The van der Waals surface area contributed by atoms with Gasteiger partial charge in [-0.15, -0.1) is 0 Å². The molecule has 0 radical (unpaired) electrons. The summed E-state index contributed by atoms with van der Waals surface area (Å²) in [6.07, 6.45) is 0.950. The number of nitrogens with zero attached hydrogens (tertiary/aromatic N) is 2. The van der Waals surface area contributed by atoms with Crippen molar-refractivity contribution in [3.8, 4) is 0 Å². The van der Waals surface area contributed by atoms with Crippen LogP contribution < -0.4 is 5.73 Å². The number of benzene rings is 1. The van der Waals surface area contributed by atoms with Gasteiger partial charge in [-0.1, -0.05) is 12.1 Å². The lowest BCUT2D eigenvalue weighted by Crippen LogP contribution is -2.27. The van der Waals surface area contributed by atoms with Gasteiger partial charge >= 0.3 is 0 Å². The fourth-order valence-electron chi connectivity index (χ4n) is 1.76. The van der Waals surface area contributed by atoms with Gasteiger partial charge in [0.15, 0.2) is 0 Å². The topological polar surface area (TPSA) is 59.2 Å². The number of nitrogens with two attached hydrogens (primary N) is 1. The minimum atomic E-state index is -0.627. The molecule has 1 amide bonds. The number of halogens is 2. The number of aromatic nitrogens is 1. The summed E-state index contributed by atoms with van der Waals surface area (Å²) in [6, 6.07) is 6.82. The van der Waals surface area contributed by atoms with Gasteiger partial charge in [-0.3, -0.25) is 4.79 Å². The number of anilines is 1. The first-order chi connectivity index (χ1) is 9.47. The van der Waals surface area contributed by atoms with E-state index in [1.54, 1.807) is 19.2 Å². The van der Waals surface area contributed by atoms with Crippen LogP contribution in [-0.4, -0.2) is 22.8 Å². The quantitative estimate of drug-likeness (QED) is 0.935. The molecule has 2 N–H and O–H groups in total. The van der Waals surface area contributed by atoms with Crippen molar-refractivity contribution in [2.75, 3.05) is 12.8 Å². The molecular weight excluding hydrogens is 264 g/mol. The van der Waals surface area contributed by atoms with E-state index < -0.39 is 11.7 Å². The fourth-order valence-corrected chi connectivity index (χ4v) is 1.76. The Morgan fingerprint density at radius 2 is 1.90 bits per heavy atom. The largest absolute Gasteiger partial charge is 0.383 e. The molecule has 0 saturated heterocycles. The molecule has 0 saturated carbocycles. The molecule has 6 heteroatoms. The van der Waals surface area contributed by atoms with Crippen molar-refractivity contribution in [1.82, 2.24) is 9.88 Å². The van der Waals surface area contributed by atoms with E-state index >= 15 is 0 Å². The summed E-state index contributed by atoms with van der Waals surface area (Å²) < 4.78 is 25.9. The van der Waals surface area contributed by atoms with Gasteiger partial charge in [-0.25, -0.2) is 13.8 Å². The van der Waals surface area contributed by atoms with Crippen LogP contribution >= 0.6 is 0 Å². The molecule has 0 fully saturated rings. The van der Waals surface area contributed by atoms with Gasteiger partial charge in [-0.2, -0.15) is 0 Å².